The predicted molar refractivity (Wildman–Crippen MR) is 71.5 cm³/mol. The number of hydrogen-bond acceptors (Lipinski definition) is 3. The predicted octanol–water partition coefficient (Wildman–Crippen LogP) is 1.43. The molecule has 2 aliphatic carbocycles. The quantitative estimate of drug-likeness (QED) is 0.758. The first-order valence-corrected chi connectivity index (χ1v) is 8.32. The maximum Gasteiger partial charge on any atom is 0.0779 e. The Morgan fingerprint density at radius 1 is 1.35 bits per heavy atom. The Bertz CT molecular complexity index is 268. The standard InChI is InChI=1S/C13H25NO2S/c1-10-3-2-4-13(7-10)17(16)9-12(15)8-14-11-5-6-11/h10-15H,2-9H2,1H3. The van der Waals surface area contributed by atoms with E-state index in [0.29, 0.717) is 29.5 Å². The summed E-state index contributed by atoms with van der Waals surface area (Å²) in [7, 11) is -0.842. The maximum absolute atomic E-state index is 12.1. The summed E-state index contributed by atoms with van der Waals surface area (Å²) < 4.78 is 12.1. The van der Waals surface area contributed by atoms with Gasteiger partial charge in [-0.1, -0.05) is 19.8 Å². The first kappa shape index (κ1) is 13.5. The van der Waals surface area contributed by atoms with Crippen molar-refractivity contribution in [3.63, 3.8) is 0 Å². The highest BCUT2D eigenvalue weighted by Gasteiger charge is 2.26. The minimum absolute atomic E-state index is 0.328. The van der Waals surface area contributed by atoms with Crippen LogP contribution in [0.5, 0.6) is 0 Å². The Hall–Kier alpha value is 0.0700. The zero-order valence-electron chi connectivity index (χ0n) is 10.7. The molecule has 0 heterocycles. The molecule has 4 heteroatoms. The van der Waals surface area contributed by atoms with E-state index in [2.05, 4.69) is 12.2 Å². The Labute approximate surface area is 107 Å². The minimum Gasteiger partial charge on any atom is -0.391 e. The SMILES string of the molecule is CC1CCCC(S(=O)CC(O)CNC2CC2)C1. The second-order valence-electron chi connectivity index (χ2n) is 5.78. The topological polar surface area (TPSA) is 49.3 Å². The van der Waals surface area contributed by atoms with Crippen LogP contribution in [0, 0.1) is 5.92 Å². The summed E-state index contributed by atoms with van der Waals surface area (Å²) in [6.07, 6.45) is 6.67. The van der Waals surface area contributed by atoms with E-state index < -0.39 is 16.9 Å². The largest absolute Gasteiger partial charge is 0.391 e. The Morgan fingerprint density at radius 3 is 2.76 bits per heavy atom. The van der Waals surface area contributed by atoms with Crippen molar-refractivity contribution in [2.45, 2.75) is 62.8 Å². The molecular formula is C13H25NO2S. The highest BCUT2D eigenvalue weighted by atomic mass is 32.2. The van der Waals surface area contributed by atoms with Gasteiger partial charge in [0.25, 0.3) is 0 Å². The molecule has 2 N–H and O–H groups in total. The van der Waals surface area contributed by atoms with Crippen molar-refractivity contribution in [1.82, 2.24) is 5.32 Å². The third-order valence-electron chi connectivity index (χ3n) is 3.84. The second kappa shape index (κ2) is 6.30. The van der Waals surface area contributed by atoms with Crippen LogP contribution in [0.1, 0.15) is 45.4 Å². The summed E-state index contributed by atoms with van der Waals surface area (Å²) in [6.45, 7) is 2.85. The van der Waals surface area contributed by atoms with Crippen LogP contribution >= 0.6 is 0 Å². The number of nitrogens with one attached hydrogen (secondary N) is 1. The van der Waals surface area contributed by atoms with Gasteiger partial charge in [0.2, 0.25) is 0 Å². The van der Waals surface area contributed by atoms with Crippen molar-refractivity contribution in [3.05, 3.63) is 0 Å². The van der Waals surface area contributed by atoms with Crippen molar-refractivity contribution in [2.24, 2.45) is 5.92 Å². The Kier molecular flexibility index (Phi) is 5.00. The molecule has 0 radical (unpaired) electrons. The number of aliphatic hydroxyl groups excluding tert-OH is 1. The molecule has 4 atom stereocenters. The molecule has 0 bridgehead atoms. The lowest BCUT2D eigenvalue weighted by molar-refractivity contribution is 0.194. The first-order chi connectivity index (χ1) is 8.15. The van der Waals surface area contributed by atoms with Crippen molar-refractivity contribution < 1.29 is 9.32 Å². The van der Waals surface area contributed by atoms with Gasteiger partial charge >= 0.3 is 0 Å². The lowest BCUT2D eigenvalue weighted by Crippen LogP contribution is -2.35. The summed E-state index contributed by atoms with van der Waals surface area (Å²) in [5.41, 5.74) is 0. The fourth-order valence-corrected chi connectivity index (χ4v) is 4.33. The number of hydrogen-bond donors (Lipinski definition) is 2. The third kappa shape index (κ3) is 4.68. The molecule has 0 aromatic heterocycles. The molecule has 0 spiro atoms. The Balaban J connectivity index is 1.67. The van der Waals surface area contributed by atoms with Crippen LogP contribution in [0.15, 0.2) is 0 Å². The molecule has 4 unspecified atom stereocenters. The second-order valence-corrected chi connectivity index (χ2v) is 7.54. The average Bonchev–Trinajstić information content (AvgIpc) is 3.10. The molecule has 0 aromatic rings. The molecule has 0 saturated heterocycles. The van der Waals surface area contributed by atoms with E-state index >= 15 is 0 Å². The van der Waals surface area contributed by atoms with Crippen molar-refractivity contribution in [2.75, 3.05) is 12.3 Å². The highest BCUT2D eigenvalue weighted by Crippen LogP contribution is 2.27. The van der Waals surface area contributed by atoms with Gasteiger partial charge in [0.05, 0.1) is 11.9 Å². The van der Waals surface area contributed by atoms with Crippen molar-refractivity contribution >= 4 is 10.8 Å². The van der Waals surface area contributed by atoms with Gasteiger partial charge in [0, 0.05) is 28.6 Å². The molecule has 2 fully saturated rings. The summed E-state index contributed by atoms with van der Waals surface area (Å²) in [4.78, 5) is 0. The van der Waals surface area contributed by atoms with Crippen LogP contribution in [0.3, 0.4) is 0 Å². The van der Waals surface area contributed by atoms with Gasteiger partial charge in [-0.25, -0.2) is 0 Å². The lowest BCUT2D eigenvalue weighted by Gasteiger charge is -2.26. The van der Waals surface area contributed by atoms with E-state index in [-0.39, 0.29) is 0 Å². The van der Waals surface area contributed by atoms with E-state index in [1.807, 2.05) is 0 Å². The minimum atomic E-state index is -0.842. The van der Waals surface area contributed by atoms with E-state index in [4.69, 9.17) is 0 Å². The van der Waals surface area contributed by atoms with E-state index in [1.54, 1.807) is 0 Å². The Morgan fingerprint density at radius 2 is 2.12 bits per heavy atom. The number of rotatable bonds is 6. The summed E-state index contributed by atoms with van der Waals surface area (Å²) in [5.74, 6) is 1.16. The van der Waals surface area contributed by atoms with Crippen LogP contribution in [0.4, 0.5) is 0 Å². The highest BCUT2D eigenvalue weighted by molar-refractivity contribution is 7.85. The first-order valence-electron chi connectivity index (χ1n) is 6.93. The lowest BCUT2D eigenvalue weighted by atomic mass is 9.91. The normalized spacial score (nSPS) is 33.3. The van der Waals surface area contributed by atoms with Gasteiger partial charge < -0.3 is 10.4 Å². The molecular weight excluding hydrogens is 234 g/mol. The van der Waals surface area contributed by atoms with Crippen molar-refractivity contribution in [3.8, 4) is 0 Å². The summed E-state index contributed by atoms with van der Waals surface area (Å²) >= 11 is 0. The zero-order chi connectivity index (χ0) is 12.3. The van der Waals surface area contributed by atoms with Gasteiger partial charge in [0.1, 0.15) is 0 Å². The molecule has 0 aliphatic heterocycles. The van der Waals surface area contributed by atoms with E-state index in [1.165, 1.54) is 25.7 Å². The summed E-state index contributed by atoms with van der Waals surface area (Å²) in [6, 6.07) is 0.618. The van der Waals surface area contributed by atoms with Crippen molar-refractivity contribution in [1.29, 1.82) is 0 Å². The van der Waals surface area contributed by atoms with Crippen LogP contribution in [0.2, 0.25) is 0 Å². The van der Waals surface area contributed by atoms with Gasteiger partial charge in [-0.05, 0) is 31.6 Å². The van der Waals surface area contributed by atoms with E-state index in [9.17, 15) is 9.32 Å². The van der Waals surface area contributed by atoms with E-state index in [0.717, 1.165) is 12.8 Å². The smallest absolute Gasteiger partial charge is 0.0779 e. The molecule has 0 amide bonds. The molecule has 3 nitrogen and oxygen atoms in total. The molecule has 2 aliphatic rings. The fraction of sp³-hybridized carbons (Fsp3) is 1.00. The van der Waals surface area contributed by atoms with Gasteiger partial charge in [-0.15, -0.1) is 0 Å². The number of aliphatic hydroxyl groups is 1. The summed E-state index contributed by atoms with van der Waals surface area (Å²) in [5, 5.41) is 13.5. The maximum atomic E-state index is 12.1. The monoisotopic (exact) mass is 259 g/mol. The third-order valence-corrected chi connectivity index (χ3v) is 5.72. The molecule has 2 rings (SSSR count). The fourth-order valence-electron chi connectivity index (χ4n) is 2.59. The molecule has 17 heavy (non-hydrogen) atoms. The van der Waals surface area contributed by atoms with Crippen LogP contribution in [-0.4, -0.2) is 39.0 Å². The average molecular weight is 259 g/mol. The van der Waals surface area contributed by atoms with Crippen LogP contribution < -0.4 is 5.32 Å². The van der Waals surface area contributed by atoms with Crippen LogP contribution in [-0.2, 0) is 10.8 Å². The van der Waals surface area contributed by atoms with Crippen LogP contribution in [0.25, 0.3) is 0 Å². The molecule has 0 aromatic carbocycles. The van der Waals surface area contributed by atoms with Gasteiger partial charge in [-0.3, -0.25) is 4.21 Å². The zero-order valence-corrected chi connectivity index (χ0v) is 11.5. The van der Waals surface area contributed by atoms with Gasteiger partial charge in [-0.2, -0.15) is 0 Å². The molecule has 2 saturated carbocycles. The molecule has 100 valence electrons. The van der Waals surface area contributed by atoms with Gasteiger partial charge in [0.15, 0.2) is 0 Å².